The molecule has 1 heterocycles. The van der Waals surface area contributed by atoms with Crippen molar-refractivity contribution in [3.8, 4) is 0 Å². The average Bonchev–Trinajstić information content (AvgIpc) is 2.59. The van der Waals surface area contributed by atoms with Crippen molar-refractivity contribution in [3.63, 3.8) is 0 Å². The predicted molar refractivity (Wildman–Crippen MR) is 85.0 cm³/mol. The highest BCUT2D eigenvalue weighted by atomic mass is 32.2. The van der Waals surface area contributed by atoms with Crippen molar-refractivity contribution in [3.05, 3.63) is 41.8 Å². The second-order valence-electron chi connectivity index (χ2n) is 6.30. The van der Waals surface area contributed by atoms with Crippen molar-refractivity contribution in [2.45, 2.75) is 44.6 Å². The number of sulfone groups is 1. The molecule has 2 rings (SSSR count). The molecule has 0 spiro atoms. The maximum atomic E-state index is 11.5. The van der Waals surface area contributed by atoms with Crippen LogP contribution in [0, 0.1) is 0 Å². The van der Waals surface area contributed by atoms with Crippen LogP contribution < -0.4 is 5.46 Å². The van der Waals surface area contributed by atoms with Crippen molar-refractivity contribution in [2.75, 3.05) is 0 Å². The summed E-state index contributed by atoms with van der Waals surface area (Å²) in [5, 5.41) is 0.981. The smallest absolute Gasteiger partial charge is 0.399 e. The molecule has 6 heteroatoms. The Morgan fingerprint density at radius 2 is 1.57 bits per heavy atom. The van der Waals surface area contributed by atoms with Gasteiger partial charge in [0, 0.05) is 5.41 Å². The Bertz CT molecular complexity index is 616. The Hall–Kier alpha value is -1.11. The lowest BCUT2D eigenvalue weighted by Gasteiger charge is -2.32. The molecule has 0 amide bonds. The van der Waals surface area contributed by atoms with Gasteiger partial charge in [-0.3, -0.25) is 0 Å². The van der Waals surface area contributed by atoms with Crippen LogP contribution in [-0.4, -0.2) is 26.7 Å². The van der Waals surface area contributed by atoms with Gasteiger partial charge in [-0.05, 0) is 38.7 Å². The Labute approximate surface area is 127 Å². The summed E-state index contributed by atoms with van der Waals surface area (Å²) in [6.07, 6.45) is 0. The van der Waals surface area contributed by atoms with Crippen LogP contribution in [0.5, 0.6) is 0 Å². The van der Waals surface area contributed by atoms with Crippen LogP contribution in [0.15, 0.2) is 36.3 Å². The van der Waals surface area contributed by atoms with Gasteiger partial charge in [0.25, 0.3) is 0 Å². The fourth-order valence-electron chi connectivity index (χ4n) is 2.04. The zero-order valence-electron chi connectivity index (χ0n) is 12.9. The normalized spacial score (nSPS) is 20.5. The Balaban J connectivity index is 2.16. The molecule has 0 radical (unpaired) electrons. The van der Waals surface area contributed by atoms with E-state index >= 15 is 0 Å². The van der Waals surface area contributed by atoms with Crippen molar-refractivity contribution >= 4 is 22.4 Å². The zero-order chi connectivity index (χ0) is 15.9. The van der Waals surface area contributed by atoms with E-state index in [0.717, 1.165) is 16.4 Å². The highest BCUT2D eigenvalue weighted by Crippen LogP contribution is 2.36. The van der Waals surface area contributed by atoms with E-state index in [4.69, 9.17) is 9.31 Å². The van der Waals surface area contributed by atoms with Gasteiger partial charge < -0.3 is 9.31 Å². The van der Waals surface area contributed by atoms with Crippen LogP contribution in [0.3, 0.4) is 0 Å². The van der Waals surface area contributed by atoms with E-state index in [-0.39, 0.29) is 17.0 Å². The summed E-state index contributed by atoms with van der Waals surface area (Å²) in [5.41, 5.74) is 0.828. The Morgan fingerprint density at radius 3 is 2.00 bits per heavy atom. The molecule has 0 saturated carbocycles. The summed E-state index contributed by atoms with van der Waals surface area (Å²) >= 11 is 0. The SMILES string of the molecule is C=CS(=O)(=O)Cc1ccc(B2OC(C)(C)C(C)(C)O2)cc1. The lowest BCUT2D eigenvalue weighted by Crippen LogP contribution is -2.41. The molecule has 1 aliphatic rings. The van der Waals surface area contributed by atoms with E-state index in [1.165, 1.54) is 0 Å². The maximum absolute atomic E-state index is 11.5. The van der Waals surface area contributed by atoms with Crippen LogP contribution in [0.25, 0.3) is 0 Å². The van der Waals surface area contributed by atoms with Crippen molar-refractivity contribution in [2.24, 2.45) is 0 Å². The van der Waals surface area contributed by atoms with E-state index in [1.807, 2.05) is 39.8 Å². The summed E-state index contributed by atoms with van der Waals surface area (Å²) in [5.74, 6) is -0.0415. The average molecular weight is 308 g/mol. The molecular formula is C15H21BO4S. The molecular weight excluding hydrogens is 287 g/mol. The third-order valence-electron chi connectivity index (χ3n) is 4.13. The Morgan fingerprint density at radius 1 is 1.10 bits per heavy atom. The van der Waals surface area contributed by atoms with Crippen LogP contribution in [-0.2, 0) is 24.9 Å². The molecule has 1 saturated heterocycles. The third-order valence-corrected chi connectivity index (χ3v) is 5.37. The van der Waals surface area contributed by atoms with Crippen LogP contribution in [0.1, 0.15) is 33.3 Å². The Kier molecular flexibility index (Phi) is 4.08. The lowest BCUT2D eigenvalue weighted by molar-refractivity contribution is 0.00578. The second-order valence-corrected chi connectivity index (χ2v) is 8.25. The topological polar surface area (TPSA) is 52.6 Å². The highest BCUT2D eigenvalue weighted by molar-refractivity contribution is 7.93. The van der Waals surface area contributed by atoms with Gasteiger partial charge in [-0.25, -0.2) is 8.42 Å². The van der Waals surface area contributed by atoms with Gasteiger partial charge in [0.2, 0.25) is 0 Å². The predicted octanol–water partition coefficient (Wildman–Crippen LogP) is 2.04. The molecule has 0 atom stereocenters. The van der Waals surface area contributed by atoms with Gasteiger partial charge in [-0.1, -0.05) is 30.8 Å². The minimum atomic E-state index is -3.24. The standard InChI is InChI=1S/C15H21BO4S/c1-6-21(17,18)11-12-7-9-13(10-8-12)16-19-14(2,3)15(4,5)20-16/h6-10H,1,11H2,2-5H3. The van der Waals surface area contributed by atoms with Crippen molar-refractivity contribution in [1.29, 1.82) is 0 Å². The molecule has 0 aliphatic carbocycles. The van der Waals surface area contributed by atoms with Gasteiger partial charge in [0.1, 0.15) is 0 Å². The van der Waals surface area contributed by atoms with Gasteiger partial charge in [0.15, 0.2) is 9.84 Å². The van der Waals surface area contributed by atoms with E-state index < -0.39 is 17.0 Å². The number of hydrogen-bond donors (Lipinski definition) is 0. The molecule has 114 valence electrons. The first-order chi connectivity index (χ1) is 9.56. The van der Waals surface area contributed by atoms with Crippen LogP contribution in [0.4, 0.5) is 0 Å². The molecule has 1 aromatic carbocycles. The molecule has 0 N–H and O–H groups in total. The fraction of sp³-hybridized carbons (Fsp3) is 0.467. The van der Waals surface area contributed by atoms with Crippen molar-refractivity contribution < 1.29 is 17.7 Å². The molecule has 1 aliphatic heterocycles. The monoisotopic (exact) mass is 308 g/mol. The van der Waals surface area contributed by atoms with Gasteiger partial charge >= 0.3 is 7.12 Å². The zero-order valence-corrected chi connectivity index (χ0v) is 13.7. The van der Waals surface area contributed by atoms with E-state index in [2.05, 4.69) is 6.58 Å². The van der Waals surface area contributed by atoms with E-state index in [1.54, 1.807) is 12.1 Å². The van der Waals surface area contributed by atoms with Gasteiger partial charge in [-0.2, -0.15) is 0 Å². The molecule has 0 aromatic heterocycles. The highest BCUT2D eigenvalue weighted by Gasteiger charge is 2.51. The third kappa shape index (κ3) is 3.39. The second kappa shape index (κ2) is 5.27. The summed E-state index contributed by atoms with van der Waals surface area (Å²) in [4.78, 5) is 0. The molecule has 1 aromatic rings. The molecule has 0 unspecified atom stereocenters. The molecule has 0 bridgehead atoms. The first kappa shape index (κ1) is 16.3. The van der Waals surface area contributed by atoms with Gasteiger partial charge in [0.05, 0.1) is 17.0 Å². The fourth-order valence-corrected chi connectivity index (χ4v) is 2.82. The quantitative estimate of drug-likeness (QED) is 0.799. The first-order valence-electron chi connectivity index (χ1n) is 6.86. The summed E-state index contributed by atoms with van der Waals surface area (Å²) < 4.78 is 34.9. The summed E-state index contributed by atoms with van der Waals surface area (Å²) in [7, 11) is -3.67. The maximum Gasteiger partial charge on any atom is 0.494 e. The minimum Gasteiger partial charge on any atom is -0.399 e. The van der Waals surface area contributed by atoms with Crippen molar-refractivity contribution in [1.82, 2.24) is 0 Å². The molecule has 4 nitrogen and oxygen atoms in total. The molecule has 21 heavy (non-hydrogen) atoms. The lowest BCUT2D eigenvalue weighted by atomic mass is 9.79. The minimum absolute atomic E-state index is 0.0415. The molecule has 1 fully saturated rings. The van der Waals surface area contributed by atoms with Crippen LogP contribution >= 0.6 is 0 Å². The van der Waals surface area contributed by atoms with E-state index in [9.17, 15) is 8.42 Å². The van der Waals surface area contributed by atoms with Crippen LogP contribution in [0.2, 0.25) is 0 Å². The first-order valence-corrected chi connectivity index (χ1v) is 8.57. The number of hydrogen-bond acceptors (Lipinski definition) is 4. The number of rotatable bonds is 4. The summed E-state index contributed by atoms with van der Waals surface area (Å²) in [6, 6.07) is 7.25. The summed E-state index contributed by atoms with van der Waals surface area (Å²) in [6.45, 7) is 11.3. The number of benzene rings is 1. The van der Waals surface area contributed by atoms with E-state index in [0.29, 0.717) is 0 Å². The van der Waals surface area contributed by atoms with Gasteiger partial charge in [-0.15, -0.1) is 0 Å². The largest absolute Gasteiger partial charge is 0.494 e.